The van der Waals surface area contributed by atoms with E-state index < -0.39 is 0 Å². The molecule has 0 bridgehead atoms. The predicted molar refractivity (Wildman–Crippen MR) is 101 cm³/mol. The van der Waals surface area contributed by atoms with Gasteiger partial charge in [0.15, 0.2) is 0 Å². The highest BCUT2D eigenvalue weighted by Crippen LogP contribution is 2.36. The van der Waals surface area contributed by atoms with E-state index >= 15 is 0 Å². The summed E-state index contributed by atoms with van der Waals surface area (Å²) in [6.45, 7) is 4.56. The lowest BCUT2D eigenvalue weighted by atomic mass is 10.0. The molecule has 2 aromatic carbocycles. The predicted octanol–water partition coefficient (Wildman–Crippen LogP) is 4.78. The fourth-order valence-electron chi connectivity index (χ4n) is 3.40. The van der Waals surface area contributed by atoms with Crippen molar-refractivity contribution in [2.24, 2.45) is 0 Å². The van der Waals surface area contributed by atoms with Crippen LogP contribution in [0.3, 0.4) is 0 Å². The number of anilines is 1. The number of hydrogen-bond donors (Lipinski definition) is 1. The first-order valence-corrected chi connectivity index (χ1v) is 8.70. The van der Waals surface area contributed by atoms with Crippen LogP contribution in [0.2, 0.25) is 5.15 Å². The highest BCUT2D eigenvalue weighted by Gasteiger charge is 2.33. The van der Waals surface area contributed by atoms with E-state index in [2.05, 4.69) is 10.3 Å². The van der Waals surface area contributed by atoms with Crippen LogP contribution < -0.4 is 5.32 Å². The Morgan fingerprint density at radius 3 is 2.80 bits per heavy atom. The van der Waals surface area contributed by atoms with Crippen molar-refractivity contribution in [1.29, 1.82) is 0 Å². The molecule has 3 aromatic rings. The van der Waals surface area contributed by atoms with Gasteiger partial charge in [-0.25, -0.2) is 4.98 Å². The topological polar surface area (TPSA) is 45.2 Å². The zero-order valence-corrected chi connectivity index (χ0v) is 14.8. The summed E-state index contributed by atoms with van der Waals surface area (Å²) in [6.07, 6.45) is -0.336. The van der Waals surface area contributed by atoms with Gasteiger partial charge in [0, 0.05) is 23.2 Å². The Hall–Kier alpha value is -2.59. The Morgan fingerprint density at radius 1 is 1.20 bits per heavy atom. The van der Waals surface area contributed by atoms with Gasteiger partial charge in [0.1, 0.15) is 11.3 Å². The van der Waals surface area contributed by atoms with Crippen LogP contribution in [-0.2, 0) is 0 Å². The average molecular weight is 352 g/mol. The van der Waals surface area contributed by atoms with E-state index in [1.54, 1.807) is 4.90 Å². The molecule has 0 aliphatic carbocycles. The summed E-state index contributed by atoms with van der Waals surface area (Å²) >= 11 is 6.52. The molecule has 5 heteroatoms. The molecular weight excluding hydrogens is 334 g/mol. The standard InChI is InChI=1S/C20H18ClN3O/c1-3-24-19(22-16-10-5-4-9-14(16)20(24)25)15-11-13-8-6-7-12(2)17(13)23-18(15)21/h4-11,19,22H,3H2,1-2H3/t19-/m1/s1. The maximum atomic E-state index is 12.9. The number of fused-ring (bicyclic) bond motifs is 2. The summed E-state index contributed by atoms with van der Waals surface area (Å²) < 4.78 is 0. The zero-order chi connectivity index (χ0) is 17.6. The molecule has 1 aliphatic heterocycles. The van der Waals surface area contributed by atoms with E-state index in [-0.39, 0.29) is 12.1 Å². The molecule has 1 amide bonds. The SMILES string of the molecule is CCN1C(=O)c2ccccc2N[C@H]1c1cc2cccc(C)c2nc1Cl. The minimum atomic E-state index is -0.336. The van der Waals surface area contributed by atoms with Gasteiger partial charge in [0.25, 0.3) is 5.91 Å². The van der Waals surface area contributed by atoms with Crippen LogP contribution in [0.5, 0.6) is 0 Å². The van der Waals surface area contributed by atoms with Gasteiger partial charge >= 0.3 is 0 Å². The highest BCUT2D eigenvalue weighted by atomic mass is 35.5. The Morgan fingerprint density at radius 2 is 2.00 bits per heavy atom. The number of nitrogens with one attached hydrogen (secondary N) is 1. The summed E-state index contributed by atoms with van der Waals surface area (Å²) in [6, 6.07) is 15.6. The van der Waals surface area contributed by atoms with Crippen molar-refractivity contribution < 1.29 is 4.79 Å². The van der Waals surface area contributed by atoms with Crippen LogP contribution in [0, 0.1) is 6.92 Å². The van der Waals surface area contributed by atoms with E-state index in [4.69, 9.17) is 11.6 Å². The zero-order valence-electron chi connectivity index (χ0n) is 14.1. The molecule has 25 heavy (non-hydrogen) atoms. The molecule has 1 aromatic heterocycles. The maximum Gasteiger partial charge on any atom is 0.257 e. The fraction of sp³-hybridized carbons (Fsp3) is 0.200. The van der Waals surface area contributed by atoms with Gasteiger partial charge in [0.2, 0.25) is 0 Å². The number of hydrogen-bond acceptors (Lipinski definition) is 3. The summed E-state index contributed by atoms with van der Waals surface area (Å²) in [7, 11) is 0. The number of carbonyl (C=O) groups excluding carboxylic acids is 1. The molecular formula is C20H18ClN3O. The normalized spacial score (nSPS) is 16.7. The van der Waals surface area contributed by atoms with E-state index in [1.165, 1.54) is 0 Å². The number of benzene rings is 2. The molecule has 2 heterocycles. The first kappa shape index (κ1) is 15.9. The van der Waals surface area contributed by atoms with E-state index in [9.17, 15) is 4.79 Å². The highest BCUT2D eigenvalue weighted by molar-refractivity contribution is 6.30. The summed E-state index contributed by atoms with van der Waals surface area (Å²) in [5.74, 6) is 0.00209. The Labute approximate surface area is 151 Å². The molecule has 1 N–H and O–H groups in total. The molecule has 4 nitrogen and oxygen atoms in total. The van der Waals surface area contributed by atoms with Gasteiger partial charge in [-0.1, -0.05) is 41.9 Å². The minimum Gasteiger partial charge on any atom is -0.361 e. The van der Waals surface area contributed by atoms with Crippen LogP contribution in [0.1, 0.15) is 34.6 Å². The van der Waals surface area contributed by atoms with Crippen LogP contribution in [-0.4, -0.2) is 22.3 Å². The lowest BCUT2D eigenvalue weighted by molar-refractivity contribution is 0.0695. The number of para-hydroxylation sites is 2. The van der Waals surface area contributed by atoms with Crippen molar-refractivity contribution in [2.75, 3.05) is 11.9 Å². The van der Waals surface area contributed by atoms with Gasteiger partial charge in [-0.2, -0.15) is 0 Å². The smallest absolute Gasteiger partial charge is 0.257 e. The molecule has 1 atom stereocenters. The molecule has 1 aliphatic rings. The Kier molecular flexibility index (Phi) is 3.85. The molecule has 4 rings (SSSR count). The third kappa shape index (κ3) is 2.53. The number of aromatic nitrogens is 1. The first-order valence-electron chi connectivity index (χ1n) is 8.32. The summed E-state index contributed by atoms with van der Waals surface area (Å²) in [5.41, 5.74) is 4.28. The van der Waals surface area contributed by atoms with Crippen molar-refractivity contribution in [3.8, 4) is 0 Å². The maximum absolute atomic E-state index is 12.9. The largest absolute Gasteiger partial charge is 0.361 e. The van der Waals surface area contributed by atoms with Crippen LogP contribution in [0.4, 0.5) is 5.69 Å². The number of carbonyl (C=O) groups is 1. The number of amides is 1. The van der Waals surface area contributed by atoms with Gasteiger partial charge in [0.05, 0.1) is 11.1 Å². The Bertz CT molecular complexity index is 986. The third-order valence-electron chi connectivity index (χ3n) is 4.69. The summed E-state index contributed by atoms with van der Waals surface area (Å²) in [5, 5.41) is 4.88. The van der Waals surface area contributed by atoms with E-state index in [0.717, 1.165) is 27.7 Å². The van der Waals surface area contributed by atoms with Crippen LogP contribution >= 0.6 is 11.6 Å². The average Bonchev–Trinajstić information content (AvgIpc) is 2.62. The van der Waals surface area contributed by atoms with Gasteiger partial charge in [-0.05, 0) is 37.6 Å². The Balaban J connectivity index is 1.87. The lowest BCUT2D eigenvalue weighted by Crippen LogP contribution is -2.42. The fourth-order valence-corrected chi connectivity index (χ4v) is 3.64. The number of nitrogens with zero attached hydrogens (tertiary/aromatic N) is 2. The van der Waals surface area contributed by atoms with Crippen molar-refractivity contribution in [3.05, 3.63) is 70.4 Å². The summed E-state index contributed by atoms with van der Waals surface area (Å²) in [4.78, 5) is 19.3. The van der Waals surface area contributed by atoms with E-state index in [0.29, 0.717) is 17.3 Å². The van der Waals surface area contributed by atoms with Crippen molar-refractivity contribution >= 4 is 34.1 Å². The molecule has 0 saturated heterocycles. The van der Waals surface area contributed by atoms with Gasteiger partial charge < -0.3 is 10.2 Å². The number of aryl methyl sites for hydroxylation is 1. The second-order valence-electron chi connectivity index (χ2n) is 6.20. The third-order valence-corrected chi connectivity index (χ3v) is 4.99. The second-order valence-corrected chi connectivity index (χ2v) is 6.56. The van der Waals surface area contributed by atoms with Crippen molar-refractivity contribution in [1.82, 2.24) is 9.88 Å². The van der Waals surface area contributed by atoms with Crippen LogP contribution in [0.15, 0.2) is 48.5 Å². The molecule has 0 radical (unpaired) electrons. The van der Waals surface area contributed by atoms with Crippen molar-refractivity contribution in [3.63, 3.8) is 0 Å². The number of pyridine rings is 1. The van der Waals surface area contributed by atoms with Crippen LogP contribution in [0.25, 0.3) is 10.9 Å². The van der Waals surface area contributed by atoms with Gasteiger partial charge in [-0.15, -0.1) is 0 Å². The molecule has 0 fully saturated rings. The van der Waals surface area contributed by atoms with Gasteiger partial charge in [-0.3, -0.25) is 4.79 Å². The molecule has 0 spiro atoms. The number of rotatable bonds is 2. The minimum absolute atomic E-state index is 0.00209. The van der Waals surface area contributed by atoms with E-state index in [1.807, 2.05) is 62.4 Å². The van der Waals surface area contributed by atoms with Crippen molar-refractivity contribution in [2.45, 2.75) is 20.0 Å². The molecule has 0 unspecified atom stereocenters. The molecule has 0 saturated carbocycles. The second kappa shape index (κ2) is 6.05. The lowest BCUT2D eigenvalue weighted by Gasteiger charge is -2.37. The quantitative estimate of drug-likeness (QED) is 0.675. The monoisotopic (exact) mass is 351 g/mol. The number of halogens is 1. The first-order chi connectivity index (χ1) is 12.1. The molecule has 126 valence electrons.